The first kappa shape index (κ1) is 14.4. The first-order valence-corrected chi connectivity index (χ1v) is 5.32. The smallest absolute Gasteiger partial charge is 0.128 e. The van der Waals surface area contributed by atoms with Gasteiger partial charge in [0.2, 0.25) is 0 Å². The molecule has 0 aliphatic rings. The zero-order valence-corrected chi connectivity index (χ0v) is 10.3. The van der Waals surface area contributed by atoms with Gasteiger partial charge in [-0.05, 0) is 25.5 Å². The van der Waals surface area contributed by atoms with Crippen molar-refractivity contribution < 1.29 is 4.39 Å². The monoisotopic (exact) mass is 222 g/mol. The average molecular weight is 222 g/mol. The third-order valence-corrected chi connectivity index (χ3v) is 1.96. The van der Waals surface area contributed by atoms with E-state index in [1.54, 1.807) is 26.0 Å². The SMILES string of the molecule is C=Cc1cc(N)nc(C)c1/C(F)=C\C.CC. The molecule has 0 aliphatic heterocycles. The fourth-order valence-corrected chi connectivity index (χ4v) is 1.34. The second-order valence-corrected chi connectivity index (χ2v) is 2.94. The van der Waals surface area contributed by atoms with Crippen LogP contribution < -0.4 is 5.73 Å². The molecule has 0 amide bonds. The van der Waals surface area contributed by atoms with Gasteiger partial charge in [0.15, 0.2) is 0 Å². The molecule has 0 aromatic carbocycles. The van der Waals surface area contributed by atoms with Crippen LogP contribution in [0.1, 0.15) is 37.6 Å². The summed E-state index contributed by atoms with van der Waals surface area (Å²) >= 11 is 0. The molecule has 0 saturated heterocycles. The first-order chi connectivity index (χ1) is 7.60. The molecule has 3 heteroatoms. The molecule has 0 fully saturated rings. The number of allylic oxidation sites excluding steroid dienone is 1. The Morgan fingerprint density at radius 3 is 2.50 bits per heavy atom. The zero-order chi connectivity index (χ0) is 12.7. The van der Waals surface area contributed by atoms with E-state index in [9.17, 15) is 4.39 Å². The Morgan fingerprint density at radius 2 is 2.06 bits per heavy atom. The van der Waals surface area contributed by atoms with Crippen molar-refractivity contribution in [1.29, 1.82) is 0 Å². The number of pyridine rings is 1. The van der Waals surface area contributed by atoms with Crippen LogP contribution in [0, 0.1) is 6.92 Å². The number of rotatable bonds is 2. The molecule has 1 rings (SSSR count). The van der Waals surface area contributed by atoms with Crippen LogP contribution in [0.4, 0.5) is 10.2 Å². The Labute approximate surface area is 96.7 Å². The largest absolute Gasteiger partial charge is 0.384 e. The standard InChI is InChI=1S/C11H13FN2.C2H6/c1-4-8-6-10(13)14-7(3)11(8)9(12)5-2;1-2/h4-6H,1H2,2-3H3,(H2,13,14);1-2H3/b9-5+;. The van der Waals surface area contributed by atoms with Gasteiger partial charge in [0.1, 0.15) is 11.6 Å². The van der Waals surface area contributed by atoms with Crippen LogP contribution in [0.15, 0.2) is 18.7 Å². The zero-order valence-electron chi connectivity index (χ0n) is 10.3. The van der Waals surface area contributed by atoms with Crippen LogP contribution >= 0.6 is 0 Å². The molecule has 2 N–H and O–H groups in total. The van der Waals surface area contributed by atoms with E-state index in [1.807, 2.05) is 13.8 Å². The van der Waals surface area contributed by atoms with Gasteiger partial charge in [0, 0.05) is 5.56 Å². The van der Waals surface area contributed by atoms with Crippen molar-refractivity contribution in [2.75, 3.05) is 5.73 Å². The van der Waals surface area contributed by atoms with Gasteiger partial charge in [0.25, 0.3) is 0 Å². The lowest BCUT2D eigenvalue weighted by Crippen LogP contribution is -1.98. The Kier molecular flexibility index (Phi) is 6.08. The van der Waals surface area contributed by atoms with E-state index < -0.39 is 0 Å². The third-order valence-electron chi connectivity index (χ3n) is 1.96. The maximum atomic E-state index is 13.4. The molecule has 0 saturated carbocycles. The number of nitrogens with zero attached hydrogens (tertiary/aromatic N) is 1. The highest BCUT2D eigenvalue weighted by Gasteiger charge is 2.10. The summed E-state index contributed by atoms with van der Waals surface area (Å²) in [6.07, 6.45) is 2.97. The van der Waals surface area contributed by atoms with E-state index in [-0.39, 0.29) is 5.83 Å². The molecular weight excluding hydrogens is 203 g/mol. The molecule has 0 atom stereocenters. The second-order valence-electron chi connectivity index (χ2n) is 2.94. The van der Waals surface area contributed by atoms with Crippen LogP contribution in [0.2, 0.25) is 0 Å². The maximum Gasteiger partial charge on any atom is 0.128 e. The molecular formula is C13H19FN2. The summed E-state index contributed by atoms with van der Waals surface area (Å²) in [6, 6.07) is 1.61. The number of hydrogen-bond donors (Lipinski definition) is 1. The fourth-order valence-electron chi connectivity index (χ4n) is 1.34. The molecule has 0 unspecified atom stereocenters. The minimum atomic E-state index is -0.301. The van der Waals surface area contributed by atoms with Gasteiger partial charge in [-0.2, -0.15) is 0 Å². The minimum Gasteiger partial charge on any atom is -0.384 e. The molecule has 2 nitrogen and oxygen atoms in total. The van der Waals surface area contributed by atoms with Crippen molar-refractivity contribution in [3.05, 3.63) is 35.5 Å². The highest BCUT2D eigenvalue weighted by atomic mass is 19.1. The fraction of sp³-hybridized carbons (Fsp3) is 0.308. The molecule has 0 radical (unpaired) electrons. The average Bonchev–Trinajstić information content (AvgIpc) is 2.29. The Bertz CT molecular complexity index is 395. The highest BCUT2D eigenvalue weighted by Crippen LogP contribution is 2.25. The van der Waals surface area contributed by atoms with Crippen molar-refractivity contribution in [3.63, 3.8) is 0 Å². The van der Waals surface area contributed by atoms with Crippen molar-refractivity contribution in [2.45, 2.75) is 27.7 Å². The number of aromatic nitrogens is 1. The van der Waals surface area contributed by atoms with Crippen LogP contribution in [0.25, 0.3) is 11.9 Å². The number of aryl methyl sites for hydroxylation is 1. The lowest BCUT2D eigenvalue weighted by atomic mass is 10.1. The first-order valence-electron chi connectivity index (χ1n) is 5.32. The van der Waals surface area contributed by atoms with Crippen LogP contribution in [0.3, 0.4) is 0 Å². The van der Waals surface area contributed by atoms with E-state index >= 15 is 0 Å². The van der Waals surface area contributed by atoms with Gasteiger partial charge in [-0.25, -0.2) is 9.37 Å². The predicted octanol–water partition coefficient (Wildman–Crippen LogP) is 3.97. The van der Waals surface area contributed by atoms with Crippen molar-refractivity contribution in [2.24, 2.45) is 0 Å². The van der Waals surface area contributed by atoms with Crippen LogP contribution in [-0.2, 0) is 0 Å². The Balaban J connectivity index is 0.00000106. The molecule has 1 heterocycles. The van der Waals surface area contributed by atoms with Gasteiger partial charge >= 0.3 is 0 Å². The molecule has 1 aromatic rings. The van der Waals surface area contributed by atoms with E-state index in [0.717, 1.165) is 0 Å². The molecule has 0 spiro atoms. The number of hydrogen-bond acceptors (Lipinski definition) is 2. The maximum absolute atomic E-state index is 13.4. The molecule has 0 bridgehead atoms. The van der Waals surface area contributed by atoms with E-state index in [1.165, 1.54) is 6.08 Å². The van der Waals surface area contributed by atoms with Crippen LogP contribution in [-0.4, -0.2) is 4.98 Å². The minimum absolute atomic E-state index is 0.301. The van der Waals surface area contributed by atoms with Crippen molar-refractivity contribution in [3.8, 4) is 0 Å². The number of anilines is 1. The van der Waals surface area contributed by atoms with Crippen molar-refractivity contribution in [1.82, 2.24) is 4.98 Å². The van der Waals surface area contributed by atoms with E-state index in [4.69, 9.17) is 5.73 Å². The summed E-state index contributed by atoms with van der Waals surface area (Å²) in [4.78, 5) is 4.00. The number of nitrogens with two attached hydrogens (primary N) is 1. The molecule has 88 valence electrons. The van der Waals surface area contributed by atoms with Crippen LogP contribution in [0.5, 0.6) is 0 Å². The normalized spacial score (nSPS) is 10.4. The Morgan fingerprint density at radius 1 is 1.50 bits per heavy atom. The lowest BCUT2D eigenvalue weighted by molar-refractivity contribution is 0.755. The summed E-state index contributed by atoms with van der Waals surface area (Å²) in [6.45, 7) is 11.0. The summed E-state index contributed by atoms with van der Waals surface area (Å²) < 4.78 is 13.4. The predicted molar refractivity (Wildman–Crippen MR) is 69.6 cm³/mol. The van der Waals surface area contributed by atoms with Gasteiger partial charge in [-0.15, -0.1) is 0 Å². The van der Waals surface area contributed by atoms with Gasteiger partial charge in [0.05, 0.1) is 5.69 Å². The van der Waals surface area contributed by atoms with Gasteiger partial charge in [-0.3, -0.25) is 0 Å². The van der Waals surface area contributed by atoms with Gasteiger partial charge < -0.3 is 5.73 Å². The molecule has 1 aromatic heterocycles. The van der Waals surface area contributed by atoms with E-state index in [0.29, 0.717) is 22.6 Å². The van der Waals surface area contributed by atoms with E-state index in [2.05, 4.69) is 11.6 Å². The summed E-state index contributed by atoms with van der Waals surface area (Å²) in [7, 11) is 0. The topological polar surface area (TPSA) is 38.9 Å². The molecule has 16 heavy (non-hydrogen) atoms. The van der Waals surface area contributed by atoms with Gasteiger partial charge in [-0.1, -0.05) is 32.6 Å². The summed E-state index contributed by atoms with van der Waals surface area (Å²) in [5.41, 5.74) is 7.26. The summed E-state index contributed by atoms with van der Waals surface area (Å²) in [5, 5.41) is 0. The second kappa shape index (κ2) is 6.77. The lowest BCUT2D eigenvalue weighted by Gasteiger charge is -2.08. The third kappa shape index (κ3) is 3.19. The quantitative estimate of drug-likeness (QED) is 0.822. The number of halogens is 1. The Hall–Kier alpha value is -1.64. The highest BCUT2D eigenvalue weighted by molar-refractivity contribution is 5.72. The molecule has 0 aliphatic carbocycles. The summed E-state index contributed by atoms with van der Waals surface area (Å²) in [5.74, 6) is 0.0787. The van der Waals surface area contributed by atoms with Crippen molar-refractivity contribution >= 4 is 17.7 Å². The number of nitrogen functional groups attached to an aromatic ring is 1.